The fourth-order valence-electron chi connectivity index (χ4n) is 2.35. The number of thiophene rings is 1. The van der Waals surface area contributed by atoms with Gasteiger partial charge in [-0.05, 0) is 45.2 Å². The minimum absolute atomic E-state index is 0.0119. The molecule has 130 valence electrons. The Bertz CT molecular complexity index is 885. The molecule has 0 fully saturated rings. The number of benzene rings is 1. The molecule has 1 unspecified atom stereocenters. The lowest BCUT2D eigenvalue weighted by Crippen LogP contribution is -2.44. The second kappa shape index (κ2) is 7.14. The van der Waals surface area contributed by atoms with Crippen LogP contribution in [0, 0.1) is 0 Å². The van der Waals surface area contributed by atoms with E-state index in [2.05, 4.69) is 10.3 Å². The average Bonchev–Trinajstić information content (AvgIpc) is 3.07. The van der Waals surface area contributed by atoms with E-state index in [-0.39, 0.29) is 16.7 Å². The quantitative estimate of drug-likeness (QED) is 0.531. The van der Waals surface area contributed by atoms with Gasteiger partial charge in [0.25, 0.3) is 0 Å². The van der Waals surface area contributed by atoms with Crippen LogP contribution < -0.4 is 5.32 Å². The molecule has 1 amide bonds. The SMILES string of the molecule is CC(Sc1nc(-c2cccs2)nc2ccccc12)C(=O)NC(C)(C)C. The first-order valence-electron chi connectivity index (χ1n) is 8.13. The van der Waals surface area contributed by atoms with Crippen molar-refractivity contribution in [2.24, 2.45) is 0 Å². The van der Waals surface area contributed by atoms with E-state index in [0.29, 0.717) is 5.82 Å². The van der Waals surface area contributed by atoms with Gasteiger partial charge in [0, 0.05) is 10.9 Å². The molecule has 0 radical (unpaired) electrons. The molecule has 0 saturated heterocycles. The fraction of sp³-hybridized carbons (Fsp3) is 0.316. The monoisotopic (exact) mass is 371 g/mol. The molecular formula is C19H21N3OS2. The highest BCUT2D eigenvalue weighted by molar-refractivity contribution is 8.00. The van der Waals surface area contributed by atoms with Crippen LogP contribution in [0.5, 0.6) is 0 Å². The van der Waals surface area contributed by atoms with Crippen LogP contribution >= 0.6 is 23.1 Å². The van der Waals surface area contributed by atoms with E-state index in [9.17, 15) is 4.79 Å². The molecule has 1 N–H and O–H groups in total. The number of thioether (sulfide) groups is 1. The highest BCUT2D eigenvalue weighted by Gasteiger charge is 2.22. The zero-order chi connectivity index (χ0) is 18.0. The maximum atomic E-state index is 12.4. The average molecular weight is 372 g/mol. The predicted molar refractivity (Wildman–Crippen MR) is 106 cm³/mol. The van der Waals surface area contributed by atoms with Crippen LogP contribution in [-0.2, 0) is 4.79 Å². The maximum absolute atomic E-state index is 12.4. The predicted octanol–water partition coefficient (Wildman–Crippen LogP) is 4.75. The van der Waals surface area contributed by atoms with Gasteiger partial charge < -0.3 is 5.32 Å². The molecule has 0 aliphatic carbocycles. The normalized spacial score (nSPS) is 13.0. The van der Waals surface area contributed by atoms with E-state index in [1.54, 1.807) is 11.3 Å². The van der Waals surface area contributed by atoms with Gasteiger partial charge in [0.1, 0.15) is 5.03 Å². The Balaban J connectivity index is 1.96. The fourth-order valence-corrected chi connectivity index (χ4v) is 3.94. The molecule has 0 aliphatic rings. The van der Waals surface area contributed by atoms with Gasteiger partial charge >= 0.3 is 0 Å². The van der Waals surface area contributed by atoms with E-state index < -0.39 is 0 Å². The van der Waals surface area contributed by atoms with Crippen LogP contribution in [0.15, 0.2) is 46.8 Å². The van der Waals surface area contributed by atoms with E-state index in [0.717, 1.165) is 20.8 Å². The number of carbonyl (C=O) groups is 1. The molecule has 1 atom stereocenters. The summed E-state index contributed by atoms with van der Waals surface area (Å²) in [5, 5.41) is 6.61. The van der Waals surface area contributed by atoms with Crippen molar-refractivity contribution in [1.29, 1.82) is 0 Å². The first kappa shape index (κ1) is 17.9. The highest BCUT2D eigenvalue weighted by atomic mass is 32.2. The first-order chi connectivity index (χ1) is 11.8. The van der Waals surface area contributed by atoms with Crippen molar-refractivity contribution < 1.29 is 4.79 Å². The number of para-hydroxylation sites is 1. The molecule has 6 heteroatoms. The van der Waals surface area contributed by atoms with Crippen LogP contribution in [0.2, 0.25) is 0 Å². The first-order valence-corrected chi connectivity index (χ1v) is 9.89. The Morgan fingerprint density at radius 1 is 1.16 bits per heavy atom. The summed E-state index contributed by atoms with van der Waals surface area (Å²) in [6, 6.07) is 11.9. The van der Waals surface area contributed by atoms with E-state index in [1.165, 1.54) is 11.8 Å². The van der Waals surface area contributed by atoms with Gasteiger partial charge in [0.05, 0.1) is 15.6 Å². The topological polar surface area (TPSA) is 54.9 Å². The molecule has 25 heavy (non-hydrogen) atoms. The number of nitrogens with one attached hydrogen (secondary N) is 1. The Morgan fingerprint density at radius 3 is 2.60 bits per heavy atom. The van der Waals surface area contributed by atoms with E-state index in [4.69, 9.17) is 4.98 Å². The molecule has 0 aliphatic heterocycles. The van der Waals surface area contributed by atoms with E-state index >= 15 is 0 Å². The van der Waals surface area contributed by atoms with Gasteiger partial charge in [0.15, 0.2) is 5.82 Å². The van der Waals surface area contributed by atoms with Crippen LogP contribution in [-0.4, -0.2) is 26.7 Å². The van der Waals surface area contributed by atoms with Crippen LogP contribution in [0.25, 0.3) is 21.6 Å². The number of rotatable bonds is 4. The van der Waals surface area contributed by atoms with Crippen molar-refractivity contribution in [2.75, 3.05) is 0 Å². The number of amides is 1. The van der Waals surface area contributed by atoms with Gasteiger partial charge in [-0.3, -0.25) is 4.79 Å². The molecule has 0 bridgehead atoms. The molecule has 2 heterocycles. The van der Waals surface area contributed by atoms with Crippen molar-refractivity contribution in [3.05, 3.63) is 41.8 Å². The number of aromatic nitrogens is 2. The van der Waals surface area contributed by atoms with E-state index in [1.807, 2.05) is 69.5 Å². The van der Waals surface area contributed by atoms with Crippen LogP contribution in [0.3, 0.4) is 0 Å². The lowest BCUT2D eigenvalue weighted by molar-refractivity contribution is -0.121. The molecule has 2 aromatic heterocycles. The molecule has 4 nitrogen and oxygen atoms in total. The molecule has 3 aromatic rings. The van der Waals surface area contributed by atoms with Crippen molar-refractivity contribution in [2.45, 2.75) is 43.5 Å². The number of fused-ring (bicyclic) bond motifs is 1. The minimum Gasteiger partial charge on any atom is -0.351 e. The standard InChI is InChI=1S/C19H21N3OS2/c1-12(17(23)22-19(2,3)4)25-18-13-8-5-6-9-14(13)20-16(21-18)15-10-7-11-24-15/h5-12H,1-4H3,(H,22,23). The van der Waals surface area contributed by atoms with Crippen LogP contribution in [0.1, 0.15) is 27.7 Å². The summed E-state index contributed by atoms with van der Waals surface area (Å²) in [5.74, 6) is 0.720. The molecule has 1 aromatic carbocycles. The largest absolute Gasteiger partial charge is 0.351 e. The summed E-state index contributed by atoms with van der Waals surface area (Å²) in [7, 11) is 0. The third kappa shape index (κ3) is 4.38. The smallest absolute Gasteiger partial charge is 0.233 e. The van der Waals surface area contributed by atoms with Gasteiger partial charge in [-0.25, -0.2) is 9.97 Å². The Hall–Kier alpha value is -1.92. The molecule has 0 spiro atoms. The molecule has 0 saturated carbocycles. The zero-order valence-corrected chi connectivity index (χ0v) is 16.4. The lowest BCUT2D eigenvalue weighted by atomic mass is 10.1. The number of carbonyl (C=O) groups excluding carboxylic acids is 1. The van der Waals surface area contributed by atoms with Gasteiger partial charge in [-0.2, -0.15) is 0 Å². The Labute approximate surface area is 156 Å². The second-order valence-corrected chi connectivity index (χ2v) is 9.12. The zero-order valence-electron chi connectivity index (χ0n) is 14.7. The third-order valence-corrected chi connectivity index (χ3v) is 5.43. The summed E-state index contributed by atoms with van der Waals surface area (Å²) in [4.78, 5) is 22.9. The third-order valence-electron chi connectivity index (χ3n) is 3.47. The summed E-state index contributed by atoms with van der Waals surface area (Å²) >= 11 is 3.09. The van der Waals surface area contributed by atoms with Gasteiger partial charge in [0.2, 0.25) is 5.91 Å². The Kier molecular flexibility index (Phi) is 5.11. The maximum Gasteiger partial charge on any atom is 0.233 e. The summed E-state index contributed by atoms with van der Waals surface area (Å²) in [5.41, 5.74) is 0.647. The van der Waals surface area contributed by atoms with Crippen molar-refractivity contribution in [3.8, 4) is 10.7 Å². The van der Waals surface area contributed by atoms with Gasteiger partial charge in [-0.15, -0.1) is 11.3 Å². The van der Waals surface area contributed by atoms with Crippen LogP contribution in [0.4, 0.5) is 0 Å². The molecular weight excluding hydrogens is 350 g/mol. The molecule has 3 rings (SSSR count). The van der Waals surface area contributed by atoms with Crippen molar-refractivity contribution in [1.82, 2.24) is 15.3 Å². The Morgan fingerprint density at radius 2 is 1.92 bits per heavy atom. The second-order valence-electron chi connectivity index (χ2n) is 6.85. The van der Waals surface area contributed by atoms with Crippen molar-refractivity contribution in [3.63, 3.8) is 0 Å². The minimum atomic E-state index is -0.248. The summed E-state index contributed by atoms with van der Waals surface area (Å²) in [6.45, 7) is 7.86. The lowest BCUT2D eigenvalue weighted by Gasteiger charge is -2.23. The van der Waals surface area contributed by atoms with Gasteiger partial charge in [-0.1, -0.05) is 36.0 Å². The highest BCUT2D eigenvalue weighted by Crippen LogP contribution is 2.32. The summed E-state index contributed by atoms with van der Waals surface area (Å²) in [6.07, 6.45) is 0. The number of nitrogens with zero attached hydrogens (tertiary/aromatic N) is 2. The number of hydrogen-bond acceptors (Lipinski definition) is 5. The number of hydrogen-bond donors (Lipinski definition) is 1. The summed E-state index contributed by atoms with van der Waals surface area (Å²) < 4.78 is 0. The van der Waals surface area contributed by atoms with Crippen molar-refractivity contribution >= 4 is 39.9 Å².